The molecule has 31 heavy (non-hydrogen) atoms. The van der Waals surface area contributed by atoms with Gasteiger partial charge in [-0.3, -0.25) is 0 Å². The zero-order valence-corrected chi connectivity index (χ0v) is 19.0. The maximum absolute atomic E-state index is 13.0. The number of aromatic hydroxyl groups is 1. The van der Waals surface area contributed by atoms with Crippen LogP contribution >= 0.6 is 0 Å². The summed E-state index contributed by atoms with van der Waals surface area (Å²) in [5, 5.41) is 10.2. The zero-order chi connectivity index (χ0) is 22.8. The molecule has 7 heteroatoms. The summed E-state index contributed by atoms with van der Waals surface area (Å²) in [6, 6.07) is 8.90. The van der Waals surface area contributed by atoms with E-state index in [4.69, 9.17) is 18.9 Å². The van der Waals surface area contributed by atoms with E-state index in [1.165, 1.54) is 7.11 Å². The molecule has 0 fully saturated rings. The van der Waals surface area contributed by atoms with Crippen molar-refractivity contribution in [3.63, 3.8) is 0 Å². The van der Waals surface area contributed by atoms with Crippen molar-refractivity contribution >= 4 is 6.09 Å². The van der Waals surface area contributed by atoms with Crippen LogP contribution in [0.3, 0.4) is 0 Å². The Balaban J connectivity index is 2.03. The molecule has 1 N–H and O–H groups in total. The molecule has 2 aromatic rings. The molecule has 168 valence electrons. The number of benzene rings is 2. The van der Waals surface area contributed by atoms with E-state index in [2.05, 4.69) is 0 Å². The molecular weight excluding hydrogens is 398 g/mol. The molecule has 1 heterocycles. The molecule has 1 atom stereocenters. The molecule has 0 spiro atoms. The second-order valence-electron chi connectivity index (χ2n) is 8.56. The van der Waals surface area contributed by atoms with Gasteiger partial charge in [-0.25, -0.2) is 4.79 Å². The third-order valence-electron chi connectivity index (χ3n) is 5.30. The van der Waals surface area contributed by atoms with Crippen LogP contribution in [0, 0.1) is 0 Å². The van der Waals surface area contributed by atoms with E-state index < -0.39 is 5.60 Å². The highest BCUT2D eigenvalue weighted by molar-refractivity contribution is 5.70. The van der Waals surface area contributed by atoms with Crippen molar-refractivity contribution in [1.82, 2.24) is 4.90 Å². The van der Waals surface area contributed by atoms with Crippen molar-refractivity contribution in [2.45, 2.75) is 45.3 Å². The molecule has 7 nitrogen and oxygen atoms in total. The minimum atomic E-state index is -0.599. The number of carbonyl (C=O) groups is 1. The third kappa shape index (κ3) is 4.98. The van der Waals surface area contributed by atoms with Crippen LogP contribution in [0.25, 0.3) is 0 Å². The van der Waals surface area contributed by atoms with Crippen molar-refractivity contribution in [2.24, 2.45) is 0 Å². The number of nitrogens with zero attached hydrogens (tertiary/aromatic N) is 1. The van der Waals surface area contributed by atoms with E-state index in [0.29, 0.717) is 36.6 Å². The van der Waals surface area contributed by atoms with Crippen LogP contribution < -0.4 is 14.2 Å². The monoisotopic (exact) mass is 429 g/mol. The lowest BCUT2D eigenvalue weighted by Gasteiger charge is -2.38. The second kappa shape index (κ2) is 8.96. The van der Waals surface area contributed by atoms with Gasteiger partial charge in [-0.15, -0.1) is 0 Å². The van der Waals surface area contributed by atoms with Gasteiger partial charge in [0.1, 0.15) is 5.60 Å². The number of fused-ring (bicyclic) bond motifs is 1. The van der Waals surface area contributed by atoms with E-state index in [0.717, 1.165) is 16.7 Å². The summed E-state index contributed by atoms with van der Waals surface area (Å²) in [6.07, 6.45) is 0.814. The Morgan fingerprint density at radius 2 is 1.68 bits per heavy atom. The van der Waals surface area contributed by atoms with E-state index in [1.807, 2.05) is 39.0 Å². The van der Waals surface area contributed by atoms with Gasteiger partial charge in [0.25, 0.3) is 0 Å². The van der Waals surface area contributed by atoms with Gasteiger partial charge in [0, 0.05) is 6.54 Å². The first kappa shape index (κ1) is 22.6. The molecule has 3 rings (SSSR count). The lowest BCUT2D eigenvalue weighted by Crippen LogP contribution is -2.43. The minimum Gasteiger partial charge on any atom is -0.504 e. The maximum atomic E-state index is 13.0. The number of amides is 1. The lowest BCUT2D eigenvalue weighted by molar-refractivity contribution is 0.0141. The normalized spacial score (nSPS) is 15.8. The first-order chi connectivity index (χ1) is 14.7. The number of methoxy groups -OCH3 is 3. The molecule has 1 unspecified atom stereocenters. The second-order valence-corrected chi connectivity index (χ2v) is 8.56. The predicted molar refractivity (Wildman–Crippen MR) is 117 cm³/mol. The van der Waals surface area contributed by atoms with Crippen LogP contribution in [0.15, 0.2) is 30.3 Å². The van der Waals surface area contributed by atoms with Crippen LogP contribution in [0.4, 0.5) is 4.79 Å². The molecule has 0 radical (unpaired) electrons. The number of rotatable bonds is 5. The largest absolute Gasteiger partial charge is 0.504 e. The van der Waals surface area contributed by atoms with Crippen LogP contribution in [0.1, 0.15) is 43.5 Å². The number of ether oxygens (including phenoxy) is 4. The van der Waals surface area contributed by atoms with Crippen molar-refractivity contribution in [3.8, 4) is 23.0 Å². The van der Waals surface area contributed by atoms with Gasteiger partial charge in [0.05, 0.1) is 27.4 Å². The summed E-state index contributed by atoms with van der Waals surface area (Å²) in [7, 11) is 4.71. The van der Waals surface area contributed by atoms with Crippen LogP contribution in [-0.4, -0.2) is 49.6 Å². The number of phenols is 1. The summed E-state index contributed by atoms with van der Waals surface area (Å²) in [6.45, 7) is 6.08. The van der Waals surface area contributed by atoms with Gasteiger partial charge in [0.2, 0.25) is 0 Å². The SMILES string of the molecule is COc1ccc(CC2c3cc(OC)c(OC)cc3CCN2C(=O)OC(C)(C)C)cc1O. The molecule has 0 saturated heterocycles. The fourth-order valence-electron chi connectivity index (χ4n) is 3.87. The molecule has 2 aromatic carbocycles. The average Bonchev–Trinajstić information content (AvgIpc) is 2.71. The molecule has 1 aliphatic heterocycles. The standard InChI is InChI=1S/C24H31NO6/c1-24(2,3)31-23(27)25-10-9-16-13-21(29-5)22(30-6)14-17(16)18(25)11-15-7-8-20(28-4)19(26)12-15/h7-8,12-14,18,26H,9-11H2,1-6H3. The van der Waals surface area contributed by atoms with Gasteiger partial charge in [-0.2, -0.15) is 0 Å². The molecular formula is C24H31NO6. The summed E-state index contributed by atoms with van der Waals surface area (Å²) in [4.78, 5) is 14.8. The van der Waals surface area contributed by atoms with Gasteiger partial charge >= 0.3 is 6.09 Å². The zero-order valence-electron chi connectivity index (χ0n) is 19.0. The fraction of sp³-hybridized carbons (Fsp3) is 0.458. The Bertz CT molecular complexity index is 950. The van der Waals surface area contributed by atoms with E-state index in [9.17, 15) is 9.90 Å². The van der Waals surface area contributed by atoms with Gasteiger partial charge < -0.3 is 29.0 Å². The van der Waals surface area contributed by atoms with E-state index in [1.54, 1.807) is 31.3 Å². The molecule has 0 aliphatic carbocycles. The molecule has 1 aliphatic rings. The third-order valence-corrected chi connectivity index (χ3v) is 5.30. The Kier molecular flexibility index (Phi) is 6.53. The molecule has 0 aromatic heterocycles. The Morgan fingerprint density at radius 1 is 1.03 bits per heavy atom. The summed E-state index contributed by atoms with van der Waals surface area (Å²) in [5.74, 6) is 1.73. The van der Waals surface area contributed by atoms with E-state index in [-0.39, 0.29) is 17.9 Å². The highest BCUT2D eigenvalue weighted by atomic mass is 16.6. The van der Waals surface area contributed by atoms with Crippen LogP contribution in [0.5, 0.6) is 23.0 Å². The summed E-state index contributed by atoms with van der Waals surface area (Å²) < 4.78 is 21.8. The number of hydrogen-bond donors (Lipinski definition) is 1. The fourth-order valence-corrected chi connectivity index (χ4v) is 3.87. The number of hydrogen-bond acceptors (Lipinski definition) is 6. The highest BCUT2D eigenvalue weighted by Gasteiger charge is 2.35. The smallest absolute Gasteiger partial charge is 0.410 e. The summed E-state index contributed by atoms with van der Waals surface area (Å²) in [5.41, 5.74) is 2.35. The predicted octanol–water partition coefficient (Wildman–Crippen LogP) is 4.50. The Hall–Kier alpha value is -3.09. The first-order valence-electron chi connectivity index (χ1n) is 10.3. The Morgan fingerprint density at radius 3 is 2.26 bits per heavy atom. The molecule has 0 saturated carbocycles. The maximum Gasteiger partial charge on any atom is 0.410 e. The van der Waals surface area contributed by atoms with Crippen molar-refractivity contribution in [2.75, 3.05) is 27.9 Å². The average molecular weight is 430 g/mol. The number of phenolic OH excluding ortho intramolecular Hbond substituents is 1. The van der Waals surface area contributed by atoms with Crippen molar-refractivity contribution < 1.29 is 28.8 Å². The van der Waals surface area contributed by atoms with Crippen LogP contribution in [-0.2, 0) is 17.6 Å². The van der Waals surface area contributed by atoms with E-state index >= 15 is 0 Å². The summed E-state index contributed by atoms with van der Waals surface area (Å²) >= 11 is 0. The quantitative estimate of drug-likeness (QED) is 0.754. The van der Waals surface area contributed by atoms with Gasteiger partial charge in [-0.05, 0) is 74.6 Å². The lowest BCUT2D eigenvalue weighted by atomic mass is 9.88. The number of carbonyl (C=O) groups excluding carboxylic acids is 1. The van der Waals surface area contributed by atoms with Gasteiger partial charge in [-0.1, -0.05) is 6.07 Å². The molecule has 1 amide bonds. The molecule has 0 bridgehead atoms. The van der Waals surface area contributed by atoms with Crippen molar-refractivity contribution in [1.29, 1.82) is 0 Å². The van der Waals surface area contributed by atoms with Gasteiger partial charge in [0.15, 0.2) is 23.0 Å². The Labute approximate surface area is 183 Å². The highest BCUT2D eigenvalue weighted by Crippen LogP contribution is 2.40. The first-order valence-corrected chi connectivity index (χ1v) is 10.3. The minimum absolute atomic E-state index is 0.0622. The topological polar surface area (TPSA) is 77.5 Å². The van der Waals surface area contributed by atoms with Crippen molar-refractivity contribution in [3.05, 3.63) is 47.0 Å². The van der Waals surface area contributed by atoms with Crippen LogP contribution in [0.2, 0.25) is 0 Å².